The summed E-state index contributed by atoms with van der Waals surface area (Å²) in [5.74, 6) is 1.00. The average Bonchev–Trinajstić information content (AvgIpc) is 2.47. The summed E-state index contributed by atoms with van der Waals surface area (Å²) < 4.78 is 11.1. The molecule has 0 spiro atoms. The molecule has 1 aliphatic rings. The number of aryl methyl sites for hydroxylation is 1. The van der Waals surface area contributed by atoms with Crippen molar-refractivity contribution < 1.29 is 14.4 Å². The molecular weight excluding hydrogens is 250 g/mol. The van der Waals surface area contributed by atoms with Gasteiger partial charge in [-0.1, -0.05) is 12.1 Å². The first-order valence-electron chi connectivity index (χ1n) is 7.95. The van der Waals surface area contributed by atoms with Gasteiger partial charge in [-0.3, -0.25) is 0 Å². The van der Waals surface area contributed by atoms with E-state index in [1.807, 2.05) is 6.07 Å². The van der Waals surface area contributed by atoms with Crippen LogP contribution in [0.15, 0.2) is 24.3 Å². The molecule has 0 bridgehead atoms. The van der Waals surface area contributed by atoms with Crippen molar-refractivity contribution >= 4 is 0 Å². The van der Waals surface area contributed by atoms with E-state index in [0.717, 1.165) is 32.0 Å². The van der Waals surface area contributed by atoms with Gasteiger partial charge < -0.3 is 14.4 Å². The summed E-state index contributed by atoms with van der Waals surface area (Å²) in [6, 6.07) is 8.28. The lowest BCUT2D eigenvalue weighted by Gasteiger charge is -2.23. The minimum atomic E-state index is 0.841. The zero-order valence-corrected chi connectivity index (χ0v) is 12.7. The Morgan fingerprint density at radius 2 is 1.90 bits per heavy atom. The first-order valence-corrected chi connectivity index (χ1v) is 7.95. The standard InChI is InChI=1S/C17H27NO2/c1-16-7-6-8-17(15-16)20-12-5-3-2-4-9-18-10-13-19-14-11-18/h6-8,15H,2-5,9-14H2,1H3/p+1. The molecule has 1 aliphatic heterocycles. The lowest BCUT2D eigenvalue weighted by molar-refractivity contribution is -0.908. The number of ether oxygens (including phenoxy) is 2. The number of hydrogen-bond donors (Lipinski definition) is 1. The van der Waals surface area contributed by atoms with Gasteiger partial charge in [0, 0.05) is 0 Å². The molecule has 0 unspecified atom stereocenters. The highest BCUT2D eigenvalue weighted by atomic mass is 16.5. The Morgan fingerprint density at radius 3 is 2.70 bits per heavy atom. The van der Waals surface area contributed by atoms with E-state index < -0.39 is 0 Å². The average molecular weight is 278 g/mol. The Bertz CT molecular complexity index is 375. The van der Waals surface area contributed by atoms with Crippen LogP contribution in [-0.2, 0) is 4.74 Å². The van der Waals surface area contributed by atoms with E-state index in [2.05, 4.69) is 25.1 Å². The largest absolute Gasteiger partial charge is 0.494 e. The van der Waals surface area contributed by atoms with Crippen molar-refractivity contribution in [1.29, 1.82) is 0 Å². The molecule has 20 heavy (non-hydrogen) atoms. The smallest absolute Gasteiger partial charge is 0.119 e. The van der Waals surface area contributed by atoms with Crippen LogP contribution in [0, 0.1) is 6.92 Å². The number of nitrogens with one attached hydrogen (secondary N) is 1. The minimum absolute atomic E-state index is 0.841. The molecule has 0 radical (unpaired) electrons. The predicted molar refractivity (Wildman–Crippen MR) is 81.5 cm³/mol. The SMILES string of the molecule is Cc1cccc(OCCCCCC[NH+]2CCOCC2)c1. The monoisotopic (exact) mass is 278 g/mol. The van der Waals surface area contributed by atoms with Gasteiger partial charge in [-0.2, -0.15) is 0 Å². The summed E-state index contributed by atoms with van der Waals surface area (Å²) in [5, 5.41) is 0. The first kappa shape index (κ1) is 15.3. The molecule has 0 aromatic heterocycles. The first-order chi connectivity index (χ1) is 9.84. The Balaban J connectivity index is 1.45. The second kappa shape index (κ2) is 8.98. The van der Waals surface area contributed by atoms with Gasteiger partial charge >= 0.3 is 0 Å². The molecule has 1 aromatic carbocycles. The highest BCUT2D eigenvalue weighted by molar-refractivity contribution is 5.27. The zero-order chi connectivity index (χ0) is 14.0. The predicted octanol–water partition coefficient (Wildman–Crippen LogP) is 1.85. The van der Waals surface area contributed by atoms with Crippen molar-refractivity contribution in [3.63, 3.8) is 0 Å². The third kappa shape index (κ3) is 5.93. The Hall–Kier alpha value is -1.06. The Labute approximate surface area is 122 Å². The molecule has 2 rings (SSSR count). The van der Waals surface area contributed by atoms with Gasteiger partial charge in [0.25, 0.3) is 0 Å². The summed E-state index contributed by atoms with van der Waals surface area (Å²) in [7, 11) is 0. The summed E-state index contributed by atoms with van der Waals surface area (Å²) in [5.41, 5.74) is 1.26. The van der Waals surface area contributed by atoms with Crippen LogP contribution >= 0.6 is 0 Å². The number of unbranched alkanes of at least 4 members (excludes halogenated alkanes) is 3. The molecule has 3 heteroatoms. The van der Waals surface area contributed by atoms with Gasteiger partial charge in [-0.25, -0.2) is 0 Å². The Kier molecular flexibility index (Phi) is 6.89. The maximum absolute atomic E-state index is 5.76. The van der Waals surface area contributed by atoms with Gasteiger partial charge in [0.05, 0.1) is 26.4 Å². The van der Waals surface area contributed by atoms with Gasteiger partial charge in [0.1, 0.15) is 18.8 Å². The molecule has 1 heterocycles. The third-order valence-corrected chi connectivity index (χ3v) is 3.88. The summed E-state index contributed by atoms with van der Waals surface area (Å²) in [6.07, 6.45) is 5.09. The number of morpholine rings is 1. The molecule has 0 aliphatic carbocycles. The van der Waals surface area contributed by atoms with Crippen LogP contribution < -0.4 is 9.64 Å². The van der Waals surface area contributed by atoms with Crippen LogP contribution in [0.4, 0.5) is 0 Å². The molecule has 1 fully saturated rings. The fourth-order valence-corrected chi connectivity index (χ4v) is 2.64. The van der Waals surface area contributed by atoms with Crippen LogP contribution in [-0.4, -0.2) is 39.5 Å². The van der Waals surface area contributed by atoms with E-state index in [4.69, 9.17) is 9.47 Å². The quantitative estimate of drug-likeness (QED) is 0.733. The molecule has 1 N–H and O–H groups in total. The van der Waals surface area contributed by atoms with Crippen LogP contribution in [0.5, 0.6) is 5.75 Å². The minimum Gasteiger partial charge on any atom is -0.494 e. The molecule has 1 saturated heterocycles. The van der Waals surface area contributed by atoms with Crippen molar-refractivity contribution in [2.75, 3.05) is 39.5 Å². The van der Waals surface area contributed by atoms with E-state index in [0.29, 0.717) is 0 Å². The molecule has 112 valence electrons. The summed E-state index contributed by atoms with van der Waals surface area (Å²) in [4.78, 5) is 1.72. The van der Waals surface area contributed by atoms with Crippen LogP contribution in [0.2, 0.25) is 0 Å². The molecule has 1 aromatic rings. The summed E-state index contributed by atoms with van der Waals surface area (Å²) in [6.45, 7) is 8.52. The number of hydrogen-bond acceptors (Lipinski definition) is 2. The van der Waals surface area contributed by atoms with E-state index in [-0.39, 0.29) is 0 Å². The van der Waals surface area contributed by atoms with Crippen molar-refractivity contribution in [1.82, 2.24) is 0 Å². The lowest BCUT2D eigenvalue weighted by atomic mass is 10.2. The maximum atomic E-state index is 5.76. The van der Waals surface area contributed by atoms with Crippen molar-refractivity contribution in [3.05, 3.63) is 29.8 Å². The number of rotatable bonds is 8. The van der Waals surface area contributed by atoms with E-state index in [1.165, 1.54) is 44.5 Å². The van der Waals surface area contributed by atoms with E-state index >= 15 is 0 Å². The van der Waals surface area contributed by atoms with Crippen LogP contribution in [0.3, 0.4) is 0 Å². The van der Waals surface area contributed by atoms with Crippen molar-refractivity contribution in [2.24, 2.45) is 0 Å². The third-order valence-electron chi connectivity index (χ3n) is 3.88. The molecular formula is C17H28NO2+. The Morgan fingerprint density at radius 1 is 1.10 bits per heavy atom. The van der Waals surface area contributed by atoms with Crippen LogP contribution in [0.1, 0.15) is 31.2 Å². The van der Waals surface area contributed by atoms with Crippen molar-refractivity contribution in [3.8, 4) is 5.75 Å². The van der Waals surface area contributed by atoms with Gasteiger partial charge in [-0.05, 0) is 50.3 Å². The highest BCUT2D eigenvalue weighted by Crippen LogP contribution is 2.13. The normalized spacial score (nSPS) is 16.2. The van der Waals surface area contributed by atoms with E-state index in [9.17, 15) is 0 Å². The van der Waals surface area contributed by atoms with Gasteiger partial charge in [0.2, 0.25) is 0 Å². The van der Waals surface area contributed by atoms with Gasteiger partial charge in [0.15, 0.2) is 0 Å². The highest BCUT2D eigenvalue weighted by Gasteiger charge is 2.12. The van der Waals surface area contributed by atoms with Crippen molar-refractivity contribution in [2.45, 2.75) is 32.6 Å². The second-order valence-electron chi connectivity index (χ2n) is 5.69. The van der Waals surface area contributed by atoms with E-state index in [1.54, 1.807) is 4.90 Å². The number of quaternary nitrogens is 1. The summed E-state index contributed by atoms with van der Waals surface area (Å²) >= 11 is 0. The fourth-order valence-electron chi connectivity index (χ4n) is 2.64. The fraction of sp³-hybridized carbons (Fsp3) is 0.647. The number of benzene rings is 1. The molecule has 3 nitrogen and oxygen atoms in total. The topological polar surface area (TPSA) is 22.9 Å². The maximum Gasteiger partial charge on any atom is 0.119 e. The van der Waals surface area contributed by atoms with Crippen LogP contribution in [0.25, 0.3) is 0 Å². The van der Waals surface area contributed by atoms with Gasteiger partial charge in [-0.15, -0.1) is 0 Å². The molecule has 0 atom stereocenters. The molecule has 0 saturated carbocycles. The second-order valence-corrected chi connectivity index (χ2v) is 5.69. The zero-order valence-electron chi connectivity index (χ0n) is 12.7. The lowest BCUT2D eigenvalue weighted by Crippen LogP contribution is -3.14. The molecule has 0 amide bonds.